The minimum Gasteiger partial charge on any atom is -0.387 e. The smallest absolute Gasteiger partial charge is 0.255 e. The number of benzene rings is 2. The first-order chi connectivity index (χ1) is 18.8. The van der Waals surface area contributed by atoms with Crippen molar-refractivity contribution in [1.29, 1.82) is 0 Å². The number of piperazine rings is 1. The molecule has 39 heavy (non-hydrogen) atoms. The number of pyridine rings is 1. The van der Waals surface area contributed by atoms with Crippen LogP contribution in [0.25, 0.3) is 0 Å². The van der Waals surface area contributed by atoms with Crippen LogP contribution in [0.5, 0.6) is 0 Å². The van der Waals surface area contributed by atoms with Crippen molar-refractivity contribution >= 4 is 21.4 Å². The number of piperidine rings is 1. The van der Waals surface area contributed by atoms with E-state index in [2.05, 4.69) is 20.1 Å². The molecule has 2 fully saturated rings. The van der Waals surface area contributed by atoms with E-state index in [0.717, 1.165) is 81.0 Å². The van der Waals surface area contributed by atoms with Gasteiger partial charge in [-0.1, -0.05) is 30.3 Å². The molecule has 2 saturated heterocycles. The van der Waals surface area contributed by atoms with E-state index < -0.39 is 9.84 Å². The van der Waals surface area contributed by atoms with Crippen molar-refractivity contribution in [2.24, 2.45) is 0 Å². The highest BCUT2D eigenvalue weighted by molar-refractivity contribution is 7.91. The Labute approximate surface area is 231 Å². The van der Waals surface area contributed by atoms with Gasteiger partial charge < -0.3 is 10.2 Å². The summed E-state index contributed by atoms with van der Waals surface area (Å²) < 4.78 is 25.9. The molecule has 0 aliphatic carbocycles. The van der Waals surface area contributed by atoms with Gasteiger partial charge in [0.1, 0.15) is 0 Å². The maximum atomic E-state index is 13.1. The predicted molar refractivity (Wildman–Crippen MR) is 153 cm³/mol. The van der Waals surface area contributed by atoms with Crippen molar-refractivity contribution in [3.63, 3.8) is 0 Å². The molecule has 0 saturated carbocycles. The van der Waals surface area contributed by atoms with E-state index in [-0.39, 0.29) is 15.8 Å². The van der Waals surface area contributed by atoms with Gasteiger partial charge >= 0.3 is 0 Å². The second-order valence-corrected chi connectivity index (χ2v) is 12.4. The van der Waals surface area contributed by atoms with Gasteiger partial charge in [0.15, 0.2) is 5.03 Å². The summed E-state index contributed by atoms with van der Waals surface area (Å²) in [5.74, 6) is 0.106. The fraction of sp³-hybridized carbons (Fsp3) is 0.400. The first-order valence-electron chi connectivity index (χ1n) is 13.6. The number of anilines is 1. The molecule has 1 amide bonds. The maximum Gasteiger partial charge on any atom is 0.255 e. The molecule has 0 bridgehead atoms. The van der Waals surface area contributed by atoms with E-state index in [1.54, 1.807) is 30.5 Å². The molecule has 8 nitrogen and oxygen atoms in total. The van der Waals surface area contributed by atoms with Crippen LogP contribution >= 0.6 is 0 Å². The molecule has 2 aliphatic heterocycles. The van der Waals surface area contributed by atoms with E-state index >= 15 is 0 Å². The Hall–Kier alpha value is -3.27. The van der Waals surface area contributed by atoms with Crippen LogP contribution in [0, 0.1) is 6.92 Å². The molecule has 0 unspecified atom stereocenters. The molecule has 206 valence electrons. The van der Waals surface area contributed by atoms with Gasteiger partial charge in [-0.25, -0.2) is 13.4 Å². The van der Waals surface area contributed by atoms with Crippen LogP contribution in [0.2, 0.25) is 0 Å². The topological polar surface area (TPSA) is 85.9 Å². The molecular formula is C30H37N5O3S. The van der Waals surface area contributed by atoms with E-state index in [4.69, 9.17) is 0 Å². The molecule has 0 radical (unpaired) electrons. The fourth-order valence-corrected chi connectivity index (χ4v) is 6.88. The Balaban J connectivity index is 1.10. The lowest BCUT2D eigenvalue weighted by molar-refractivity contribution is 0.0468. The lowest BCUT2D eigenvalue weighted by Crippen LogP contribution is -2.53. The number of aromatic nitrogens is 1. The SMILES string of the molecule is CNc1ccccc1C(=O)N1CCC(N2CCN(Cc3ccc(S(=O)(=O)c4cccc(C)c4)nc3)CC2)CC1. The summed E-state index contributed by atoms with van der Waals surface area (Å²) in [6, 6.07) is 18.6. The van der Waals surface area contributed by atoms with Gasteiger partial charge in [0, 0.05) is 70.8 Å². The van der Waals surface area contributed by atoms with Crippen molar-refractivity contribution in [3.8, 4) is 0 Å². The highest BCUT2D eigenvalue weighted by Crippen LogP contribution is 2.24. The lowest BCUT2D eigenvalue weighted by atomic mass is 10.0. The van der Waals surface area contributed by atoms with Crippen molar-refractivity contribution in [2.45, 2.75) is 42.3 Å². The third kappa shape index (κ3) is 6.16. The first-order valence-corrected chi connectivity index (χ1v) is 15.1. The van der Waals surface area contributed by atoms with Crippen molar-refractivity contribution in [2.75, 3.05) is 51.6 Å². The summed E-state index contributed by atoms with van der Waals surface area (Å²) in [6.07, 6.45) is 3.68. The largest absolute Gasteiger partial charge is 0.387 e. The second-order valence-electron chi connectivity index (χ2n) is 10.5. The van der Waals surface area contributed by atoms with Crippen molar-refractivity contribution in [3.05, 3.63) is 83.6 Å². The normalized spacial score (nSPS) is 17.7. The van der Waals surface area contributed by atoms with Gasteiger partial charge in [0.25, 0.3) is 5.91 Å². The Morgan fingerprint density at radius 1 is 0.949 bits per heavy atom. The van der Waals surface area contributed by atoms with Crippen LogP contribution in [0.3, 0.4) is 0 Å². The van der Waals surface area contributed by atoms with Gasteiger partial charge in [0.05, 0.1) is 10.5 Å². The van der Waals surface area contributed by atoms with Crippen LogP contribution in [0.15, 0.2) is 76.8 Å². The predicted octanol–water partition coefficient (Wildman–Crippen LogP) is 3.69. The number of amides is 1. The Kier molecular flexibility index (Phi) is 8.30. The van der Waals surface area contributed by atoms with E-state index in [1.807, 2.05) is 55.3 Å². The molecule has 3 aromatic rings. The molecule has 9 heteroatoms. The summed E-state index contributed by atoms with van der Waals surface area (Å²) in [7, 11) is -1.77. The number of nitrogens with zero attached hydrogens (tertiary/aromatic N) is 4. The summed E-state index contributed by atoms with van der Waals surface area (Å²) in [5.41, 5.74) is 3.53. The van der Waals surface area contributed by atoms with Gasteiger partial charge in [-0.05, 0) is 61.2 Å². The third-order valence-corrected chi connectivity index (χ3v) is 9.55. The van der Waals surface area contributed by atoms with Crippen molar-refractivity contribution < 1.29 is 13.2 Å². The number of para-hydroxylation sites is 1. The first kappa shape index (κ1) is 27.3. The summed E-state index contributed by atoms with van der Waals surface area (Å²) in [5, 5.41) is 3.21. The third-order valence-electron chi connectivity index (χ3n) is 7.88. The van der Waals surface area contributed by atoms with Crippen LogP contribution in [0.1, 0.15) is 34.3 Å². The number of rotatable bonds is 7. The molecule has 1 aromatic heterocycles. The zero-order valence-electron chi connectivity index (χ0n) is 22.7. The number of sulfone groups is 1. The zero-order valence-corrected chi connectivity index (χ0v) is 23.5. The van der Waals surface area contributed by atoms with Crippen LogP contribution in [-0.4, -0.2) is 86.4 Å². The van der Waals surface area contributed by atoms with Crippen LogP contribution < -0.4 is 5.32 Å². The Morgan fingerprint density at radius 3 is 2.36 bits per heavy atom. The molecule has 0 atom stereocenters. The van der Waals surface area contributed by atoms with Crippen LogP contribution in [-0.2, 0) is 16.4 Å². The summed E-state index contributed by atoms with van der Waals surface area (Å²) >= 11 is 0. The highest BCUT2D eigenvalue weighted by atomic mass is 32.2. The maximum absolute atomic E-state index is 13.1. The molecule has 3 heterocycles. The van der Waals surface area contributed by atoms with Gasteiger partial charge in [-0.15, -0.1) is 0 Å². The molecular weight excluding hydrogens is 510 g/mol. The van der Waals surface area contributed by atoms with Crippen LogP contribution in [0.4, 0.5) is 5.69 Å². The number of carbonyl (C=O) groups excluding carboxylic acids is 1. The minimum atomic E-state index is -3.62. The van der Waals surface area contributed by atoms with Gasteiger partial charge in [0.2, 0.25) is 9.84 Å². The number of hydrogen-bond acceptors (Lipinski definition) is 7. The van der Waals surface area contributed by atoms with Gasteiger partial charge in [-0.2, -0.15) is 0 Å². The minimum absolute atomic E-state index is 0.0842. The van der Waals surface area contributed by atoms with E-state index in [9.17, 15) is 13.2 Å². The quantitative estimate of drug-likeness (QED) is 0.483. The number of aryl methyl sites for hydroxylation is 1. The highest BCUT2D eigenvalue weighted by Gasteiger charge is 2.30. The van der Waals surface area contributed by atoms with E-state index in [1.165, 1.54) is 0 Å². The standard InChI is InChI=1S/C30H37N5O3S/c1-23-6-5-7-26(20-23)39(37,38)29-11-10-24(21-32-29)22-33-16-18-34(19-17-33)25-12-14-35(15-13-25)30(36)27-8-3-4-9-28(27)31-2/h3-11,20-21,25,31H,12-19,22H2,1-2H3. The average molecular weight is 548 g/mol. The number of nitrogens with one attached hydrogen (secondary N) is 1. The molecule has 2 aromatic carbocycles. The second kappa shape index (κ2) is 11.9. The van der Waals surface area contributed by atoms with Crippen molar-refractivity contribution in [1.82, 2.24) is 19.7 Å². The Bertz CT molecular complexity index is 1390. The van der Waals surface area contributed by atoms with Gasteiger partial charge in [-0.3, -0.25) is 14.6 Å². The molecule has 5 rings (SSSR count). The molecule has 2 aliphatic rings. The number of carbonyl (C=O) groups is 1. The Morgan fingerprint density at radius 2 is 1.69 bits per heavy atom. The number of hydrogen-bond donors (Lipinski definition) is 1. The summed E-state index contributed by atoms with van der Waals surface area (Å²) in [4.78, 5) is 24.6. The lowest BCUT2D eigenvalue weighted by Gasteiger charge is -2.42. The average Bonchev–Trinajstić information content (AvgIpc) is 2.97. The molecule has 1 N–H and O–H groups in total. The number of likely N-dealkylation sites (tertiary alicyclic amines) is 1. The summed E-state index contributed by atoms with van der Waals surface area (Å²) in [6.45, 7) is 8.10. The zero-order chi connectivity index (χ0) is 27.4. The monoisotopic (exact) mass is 547 g/mol. The molecule has 0 spiro atoms. The van der Waals surface area contributed by atoms with E-state index in [0.29, 0.717) is 6.04 Å². The fourth-order valence-electron chi connectivity index (χ4n) is 5.60.